The van der Waals surface area contributed by atoms with Crippen LogP contribution in [0.1, 0.15) is 11.1 Å². The second-order valence-electron chi connectivity index (χ2n) is 5.37. The quantitative estimate of drug-likeness (QED) is 0.381. The molecule has 134 valence electrons. The van der Waals surface area contributed by atoms with Crippen molar-refractivity contribution in [3.63, 3.8) is 0 Å². The molecule has 26 heavy (non-hydrogen) atoms. The number of anilines is 2. The molecule has 1 heterocycles. The van der Waals surface area contributed by atoms with Gasteiger partial charge in [-0.2, -0.15) is 13.5 Å². The maximum absolute atomic E-state index is 12.3. The maximum atomic E-state index is 12.3. The van der Waals surface area contributed by atoms with E-state index in [1.807, 2.05) is 6.92 Å². The van der Waals surface area contributed by atoms with Crippen LogP contribution >= 0.6 is 11.3 Å². The zero-order valence-corrected chi connectivity index (χ0v) is 15.4. The van der Waals surface area contributed by atoms with E-state index in [-0.39, 0.29) is 10.6 Å². The maximum Gasteiger partial charge on any atom is 0.339 e. The number of rotatable bonds is 6. The summed E-state index contributed by atoms with van der Waals surface area (Å²) in [4.78, 5) is 4.13. The van der Waals surface area contributed by atoms with Crippen LogP contribution in [0.3, 0.4) is 0 Å². The first-order valence-corrected chi connectivity index (χ1v) is 9.82. The van der Waals surface area contributed by atoms with E-state index in [0.29, 0.717) is 10.9 Å². The summed E-state index contributed by atoms with van der Waals surface area (Å²) in [6, 6.07) is 13.0. The first-order valence-electron chi connectivity index (χ1n) is 7.54. The van der Waals surface area contributed by atoms with Crippen molar-refractivity contribution >= 4 is 38.6 Å². The van der Waals surface area contributed by atoms with E-state index < -0.39 is 10.1 Å². The minimum Gasteiger partial charge on any atom is -0.383 e. The summed E-state index contributed by atoms with van der Waals surface area (Å²) >= 11 is 1.34. The highest BCUT2D eigenvalue weighted by Crippen LogP contribution is 2.19. The SMILES string of the molecule is Cc1ccc(S(=O)(=O)Oc2ccc(C=NNc3nc(N)cs3)cc2)cc1. The lowest BCUT2D eigenvalue weighted by Crippen LogP contribution is -2.09. The highest BCUT2D eigenvalue weighted by molar-refractivity contribution is 7.87. The van der Waals surface area contributed by atoms with Crippen LogP contribution in [0.5, 0.6) is 5.75 Å². The Kier molecular flexibility index (Phi) is 5.19. The highest BCUT2D eigenvalue weighted by atomic mass is 32.2. The highest BCUT2D eigenvalue weighted by Gasteiger charge is 2.16. The number of hydrogen-bond acceptors (Lipinski definition) is 8. The largest absolute Gasteiger partial charge is 0.383 e. The second-order valence-corrected chi connectivity index (χ2v) is 7.77. The van der Waals surface area contributed by atoms with Crippen LogP contribution < -0.4 is 15.3 Å². The topological polar surface area (TPSA) is 107 Å². The number of hydrogen-bond donors (Lipinski definition) is 2. The van der Waals surface area contributed by atoms with Gasteiger partial charge in [0.25, 0.3) is 0 Å². The van der Waals surface area contributed by atoms with Gasteiger partial charge >= 0.3 is 10.1 Å². The van der Waals surface area contributed by atoms with E-state index in [1.165, 1.54) is 23.5 Å². The fourth-order valence-corrected chi connectivity index (χ4v) is 3.47. The summed E-state index contributed by atoms with van der Waals surface area (Å²) < 4.78 is 29.7. The van der Waals surface area contributed by atoms with Gasteiger partial charge < -0.3 is 9.92 Å². The van der Waals surface area contributed by atoms with E-state index in [4.69, 9.17) is 9.92 Å². The molecule has 0 fully saturated rings. The van der Waals surface area contributed by atoms with E-state index in [9.17, 15) is 8.42 Å². The Morgan fingerprint density at radius 2 is 1.85 bits per heavy atom. The number of thiazole rings is 1. The van der Waals surface area contributed by atoms with Crippen molar-refractivity contribution in [2.75, 3.05) is 11.2 Å². The number of nitrogens with zero attached hydrogens (tertiary/aromatic N) is 2. The van der Waals surface area contributed by atoms with Gasteiger partial charge in [-0.15, -0.1) is 11.3 Å². The molecule has 3 N–H and O–H groups in total. The molecule has 0 bridgehead atoms. The van der Waals surface area contributed by atoms with Gasteiger partial charge in [-0.05, 0) is 48.9 Å². The number of nitrogens with two attached hydrogens (primary N) is 1. The molecule has 0 aliphatic heterocycles. The van der Waals surface area contributed by atoms with Crippen LogP contribution in [0.25, 0.3) is 0 Å². The minimum atomic E-state index is -3.86. The van der Waals surface area contributed by atoms with Crippen molar-refractivity contribution in [3.05, 3.63) is 65.0 Å². The molecule has 3 rings (SSSR count). The average Bonchev–Trinajstić information content (AvgIpc) is 3.02. The lowest BCUT2D eigenvalue weighted by Gasteiger charge is -2.07. The van der Waals surface area contributed by atoms with E-state index >= 15 is 0 Å². The predicted molar refractivity (Wildman–Crippen MR) is 103 cm³/mol. The number of nitrogen functional groups attached to an aromatic ring is 1. The molecule has 0 aliphatic carbocycles. The van der Waals surface area contributed by atoms with Crippen LogP contribution in [-0.2, 0) is 10.1 Å². The second kappa shape index (κ2) is 7.54. The van der Waals surface area contributed by atoms with Crippen molar-refractivity contribution < 1.29 is 12.6 Å². The van der Waals surface area contributed by atoms with Crippen LogP contribution in [0.2, 0.25) is 0 Å². The van der Waals surface area contributed by atoms with Crippen molar-refractivity contribution in [2.45, 2.75) is 11.8 Å². The summed E-state index contributed by atoms with van der Waals surface area (Å²) in [5, 5.41) is 6.34. The molecule has 0 atom stereocenters. The molecule has 7 nitrogen and oxygen atoms in total. The molecule has 9 heteroatoms. The third kappa shape index (κ3) is 4.58. The Morgan fingerprint density at radius 3 is 2.46 bits per heavy atom. The normalized spacial score (nSPS) is 11.6. The third-order valence-corrected chi connectivity index (χ3v) is 5.32. The Morgan fingerprint density at radius 1 is 1.15 bits per heavy atom. The van der Waals surface area contributed by atoms with Crippen molar-refractivity contribution in [3.8, 4) is 5.75 Å². The van der Waals surface area contributed by atoms with Gasteiger partial charge in [0.05, 0.1) is 6.21 Å². The van der Waals surface area contributed by atoms with Crippen LogP contribution in [-0.4, -0.2) is 19.6 Å². The number of aryl methyl sites for hydroxylation is 1. The molecule has 3 aromatic rings. The zero-order valence-electron chi connectivity index (χ0n) is 13.8. The van der Waals surface area contributed by atoms with Gasteiger partial charge in [0.15, 0.2) is 0 Å². The number of nitrogens with one attached hydrogen (secondary N) is 1. The summed E-state index contributed by atoms with van der Waals surface area (Å²) in [5.41, 5.74) is 10.0. The molecular formula is C17H16N4O3S2. The van der Waals surface area contributed by atoms with Crippen LogP contribution in [0.15, 0.2) is 63.9 Å². The number of aromatic nitrogens is 1. The van der Waals surface area contributed by atoms with Gasteiger partial charge in [0.2, 0.25) is 5.13 Å². The van der Waals surface area contributed by atoms with Crippen molar-refractivity contribution in [1.82, 2.24) is 4.98 Å². The predicted octanol–water partition coefficient (Wildman–Crippen LogP) is 3.25. The average molecular weight is 388 g/mol. The van der Waals surface area contributed by atoms with Crippen molar-refractivity contribution in [1.29, 1.82) is 0 Å². The fourth-order valence-electron chi connectivity index (χ4n) is 1.99. The molecule has 0 amide bonds. The Bertz CT molecular complexity index is 1010. The zero-order chi connectivity index (χ0) is 18.6. The Labute approximate surface area is 155 Å². The first kappa shape index (κ1) is 17.9. The lowest BCUT2D eigenvalue weighted by atomic mass is 10.2. The smallest absolute Gasteiger partial charge is 0.339 e. The summed E-state index contributed by atoms with van der Waals surface area (Å²) in [6.07, 6.45) is 1.58. The molecule has 0 unspecified atom stereocenters. The van der Waals surface area contributed by atoms with Crippen molar-refractivity contribution in [2.24, 2.45) is 5.10 Å². The fraction of sp³-hybridized carbons (Fsp3) is 0.0588. The van der Waals surface area contributed by atoms with Crippen LogP contribution in [0.4, 0.5) is 10.9 Å². The Balaban J connectivity index is 1.64. The number of hydrazone groups is 1. The van der Waals surface area contributed by atoms with Gasteiger partial charge in [-0.3, -0.25) is 5.43 Å². The molecular weight excluding hydrogens is 372 g/mol. The molecule has 0 radical (unpaired) electrons. The third-order valence-electron chi connectivity index (χ3n) is 3.29. The van der Waals surface area contributed by atoms with Crippen LogP contribution in [0, 0.1) is 6.92 Å². The Hall–Kier alpha value is -2.91. The lowest BCUT2D eigenvalue weighted by molar-refractivity contribution is 0.486. The molecule has 2 aromatic carbocycles. The standard InChI is InChI=1S/C17H16N4O3S2/c1-12-2-8-15(9-3-12)26(22,23)24-14-6-4-13(5-7-14)10-19-21-17-20-16(18)11-25-17/h2-11H,18H2,1H3,(H,20,21). The summed E-state index contributed by atoms with van der Waals surface area (Å²) in [6.45, 7) is 1.88. The van der Waals surface area contributed by atoms with E-state index in [0.717, 1.165) is 11.1 Å². The minimum absolute atomic E-state index is 0.112. The molecule has 0 saturated carbocycles. The van der Waals surface area contributed by atoms with Gasteiger partial charge in [0.1, 0.15) is 16.5 Å². The van der Waals surface area contributed by atoms with Gasteiger partial charge in [-0.1, -0.05) is 17.7 Å². The van der Waals surface area contributed by atoms with Gasteiger partial charge in [0, 0.05) is 5.38 Å². The molecule has 0 saturated heterocycles. The monoisotopic (exact) mass is 388 g/mol. The molecule has 1 aromatic heterocycles. The summed E-state index contributed by atoms with van der Waals surface area (Å²) in [7, 11) is -3.86. The molecule has 0 spiro atoms. The van der Waals surface area contributed by atoms with E-state index in [1.54, 1.807) is 48.0 Å². The van der Waals surface area contributed by atoms with E-state index in [2.05, 4.69) is 15.5 Å². The number of benzene rings is 2. The summed E-state index contributed by atoms with van der Waals surface area (Å²) in [5.74, 6) is 0.660. The molecule has 0 aliphatic rings. The van der Waals surface area contributed by atoms with Gasteiger partial charge in [-0.25, -0.2) is 4.98 Å². The first-order chi connectivity index (χ1) is 12.4.